The number of hydrogen-bond donors (Lipinski definition) is 1. The molecule has 0 saturated carbocycles. The highest BCUT2D eigenvalue weighted by atomic mass is 16.6. The highest BCUT2D eigenvalue weighted by Gasteiger charge is 2.13. The SMILES string of the molecule is O=C(O)Cc1cc(OC(=O)c2ccccc2)no1. The summed E-state index contributed by atoms with van der Waals surface area (Å²) in [7, 11) is 0. The van der Waals surface area contributed by atoms with Crippen molar-refractivity contribution in [3.63, 3.8) is 0 Å². The van der Waals surface area contributed by atoms with Gasteiger partial charge in [-0.15, -0.1) is 0 Å². The second-order valence-electron chi connectivity index (χ2n) is 3.46. The van der Waals surface area contributed by atoms with Gasteiger partial charge in [0.1, 0.15) is 6.42 Å². The molecular formula is C12H9NO5. The fraction of sp³-hybridized carbons (Fsp3) is 0.0833. The van der Waals surface area contributed by atoms with Crippen LogP contribution in [0.5, 0.6) is 5.88 Å². The largest absolute Gasteiger partial charge is 0.481 e. The topological polar surface area (TPSA) is 89.6 Å². The van der Waals surface area contributed by atoms with E-state index in [1.807, 2.05) is 0 Å². The molecule has 1 aromatic heterocycles. The lowest BCUT2D eigenvalue weighted by Gasteiger charge is -1.98. The number of carbonyl (C=O) groups excluding carboxylic acids is 1. The highest BCUT2D eigenvalue weighted by molar-refractivity contribution is 5.90. The Morgan fingerprint density at radius 2 is 2.00 bits per heavy atom. The molecule has 0 saturated heterocycles. The van der Waals surface area contributed by atoms with Gasteiger partial charge in [-0.2, -0.15) is 0 Å². The standard InChI is InChI=1S/C12H9NO5/c14-11(15)7-9-6-10(13-18-9)17-12(16)8-4-2-1-3-5-8/h1-6H,7H2,(H,14,15). The quantitative estimate of drug-likeness (QED) is 0.824. The van der Waals surface area contributed by atoms with Gasteiger partial charge in [-0.1, -0.05) is 18.2 Å². The van der Waals surface area contributed by atoms with E-state index in [1.165, 1.54) is 6.07 Å². The van der Waals surface area contributed by atoms with Crippen molar-refractivity contribution in [1.82, 2.24) is 5.16 Å². The number of carbonyl (C=O) groups is 2. The molecule has 0 spiro atoms. The summed E-state index contributed by atoms with van der Waals surface area (Å²) in [4.78, 5) is 22.1. The first-order valence-electron chi connectivity index (χ1n) is 5.10. The smallest absolute Gasteiger partial charge is 0.344 e. The van der Waals surface area contributed by atoms with Crippen LogP contribution in [0.1, 0.15) is 16.1 Å². The van der Waals surface area contributed by atoms with Crippen LogP contribution in [0.4, 0.5) is 0 Å². The predicted octanol–water partition coefficient (Wildman–Crippen LogP) is 1.52. The Balaban J connectivity index is 2.04. The van der Waals surface area contributed by atoms with E-state index in [0.29, 0.717) is 5.56 Å². The van der Waals surface area contributed by atoms with Crippen molar-refractivity contribution in [1.29, 1.82) is 0 Å². The number of ether oxygens (including phenoxy) is 1. The van der Waals surface area contributed by atoms with Gasteiger partial charge in [0.2, 0.25) is 0 Å². The number of aliphatic carboxylic acids is 1. The summed E-state index contributed by atoms with van der Waals surface area (Å²) in [6.07, 6.45) is -0.310. The van der Waals surface area contributed by atoms with Crippen LogP contribution in [-0.4, -0.2) is 22.2 Å². The van der Waals surface area contributed by atoms with E-state index in [9.17, 15) is 9.59 Å². The molecule has 0 fully saturated rings. The van der Waals surface area contributed by atoms with Crippen LogP contribution >= 0.6 is 0 Å². The van der Waals surface area contributed by atoms with E-state index in [0.717, 1.165) is 0 Å². The van der Waals surface area contributed by atoms with Crippen molar-refractivity contribution >= 4 is 11.9 Å². The normalized spacial score (nSPS) is 10.0. The summed E-state index contributed by atoms with van der Waals surface area (Å²) in [6, 6.07) is 9.65. The molecular weight excluding hydrogens is 238 g/mol. The number of esters is 1. The summed E-state index contributed by atoms with van der Waals surface area (Å²) in [6.45, 7) is 0. The molecule has 6 heteroatoms. The van der Waals surface area contributed by atoms with Gasteiger partial charge in [0.05, 0.1) is 5.56 Å². The second-order valence-corrected chi connectivity index (χ2v) is 3.46. The average Bonchev–Trinajstić information content (AvgIpc) is 2.76. The molecule has 0 atom stereocenters. The van der Waals surface area contributed by atoms with Crippen LogP contribution in [0.2, 0.25) is 0 Å². The van der Waals surface area contributed by atoms with Crippen molar-refractivity contribution in [3.8, 4) is 5.88 Å². The molecule has 0 aliphatic carbocycles. The Kier molecular flexibility index (Phi) is 3.38. The highest BCUT2D eigenvalue weighted by Crippen LogP contribution is 2.13. The molecule has 0 unspecified atom stereocenters. The molecule has 6 nitrogen and oxygen atoms in total. The van der Waals surface area contributed by atoms with Crippen molar-refractivity contribution in [2.75, 3.05) is 0 Å². The average molecular weight is 247 g/mol. The van der Waals surface area contributed by atoms with E-state index in [-0.39, 0.29) is 18.1 Å². The lowest BCUT2D eigenvalue weighted by molar-refractivity contribution is -0.136. The third kappa shape index (κ3) is 2.94. The monoisotopic (exact) mass is 247 g/mol. The Morgan fingerprint density at radius 1 is 1.28 bits per heavy atom. The van der Waals surface area contributed by atoms with Crippen molar-refractivity contribution in [3.05, 3.63) is 47.7 Å². The molecule has 1 heterocycles. The maximum atomic E-state index is 11.6. The van der Waals surface area contributed by atoms with E-state index in [4.69, 9.17) is 14.4 Å². The van der Waals surface area contributed by atoms with Gasteiger partial charge in [-0.25, -0.2) is 4.79 Å². The molecule has 0 amide bonds. The molecule has 2 rings (SSSR count). The second kappa shape index (κ2) is 5.13. The maximum Gasteiger partial charge on any atom is 0.344 e. The zero-order chi connectivity index (χ0) is 13.0. The third-order valence-electron chi connectivity index (χ3n) is 2.07. The molecule has 92 valence electrons. The zero-order valence-corrected chi connectivity index (χ0v) is 9.20. The van der Waals surface area contributed by atoms with E-state index < -0.39 is 11.9 Å². The molecule has 0 aliphatic rings. The fourth-order valence-corrected chi connectivity index (χ4v) is 1.30. The van der Waals surface area contributed by atoms with Crippen LogP contribution in [0.3, 0.4) is 0 Å². The maximum absolute atomic E-state index is 11.6. The first-order chi connectivity index (χ1) is 8.65. The fourth-order valence-electron chi connectivity index (χ4n) is 1.30. The molecule has 2 aromatic rings. The van der Waals surface area contributed by atoms with Crippen molar-refractivity contribution < 1.29 is 24.0 Å². The van der Waals surface area contributed by atoms with E-state index >= 15 is 0 Å². The van der Waals surface area contributed by atoms with E-state index in [2.05, 4.69) is 5.16 Å². The summed E-state index contributed by atoms with van der Waals surface area (Å²) in [5.74, 6) is -1.56. The number of benzene rings is 1. The van der Waals surface area contributed by atoms with Gasteiger partial charge in [0.15, 0.2) is 5.76 Å². The van der Waals surface area contributed by atoms with Gasteiger partial charge < -0.3 is 14.4 Å². The number of carboxylic acid groups (broad SMARTS) is 1. The Bertz CT molecular complexity index is 561. The van der Waals surface area contributed by atoms with Crippen molar-refractivity contribution in [2.24, 2.45) is 0 Å². The predicted molar refractivity (Wildman–Crippen MR) is 59.2 cm³/mol. The van der Waals surface area contributed by atoms with Crippen molar-refractivity contribution in [2.45, 2.75) is 6.42 Å². The number of carboxylic acids is 1. The summed E-state index contributed by atoms with van der Waals surface area (Å²) in [5.41, 5.74) is 0.375. The molecule has 0 bridgehead atoms. The van der Waals surface area contributed by atoms with E-state index in [1.54, 1.807) is 30.3 Å². The van der Waals surface area contributed by atoms with Gasteiger partial charge in [0.25, 0.3) is 5.88 Å². The van der Waals surface area contributed by atoms with Crippen LogP contribution in [0.15, 0.2) is 40.9 Å². The van der Waals surface area contributed by atoms with Crippen LogP contribution in [0.25, 0.3) is 0 Å². The number of aromatic nitrogens is 1. The van der Waals surface area contributed by atoms with Gasteiger partial charge in [-0.05, 0) is 17.3 Å². The van der Waals surface area contributed by atoms with Crippen LogP contribution in [0, 0.1) is 0 Å². The lowest BCUT2D eigenvalue weighted by Crippen LogP contribution is -2.08. The molecule has 1 N–H and O–H groups in total. The molecule has 18 heavy (non-hydrogen) atoms. The summed E-state index contributed by atoms with van der Waals surface area (Å²) >= 11 is 0. The van der Waals surface area contributed by atoms with Crippen LogP contribution < -0.4 is 4.74 Å². The minimum Gasteiger partial charge on any atom is -0.481 e. The minimum absolute atomic E-state index is 0.0555. The lowest BCUT2D eigenvalue weighted by atomic mass is 10.2. The molecule has 0 aliphatic heterocycles. The van der Waals surface area contributed by atoms with Gasteiger partial charge in [-0.3, -0.25) is 4.79 Å². The number of nitrogens with zero attached hydrogens (tertiary/aromatic N) is 1. The summed E-state index contributed by atoms with van der Waals surface area (Å²) in [5, 5.41) is 12.0. The Morgan fingerprint density at radius 3 is 2.67 bits per heavy atom. The number of rotatable bonds is 4. The minimum atomic E-state index is -1.05. The van der Waals surface area contributed by atoms with Crippen LogP contribution in [-0.2, 0) is 11.2 Å². The van der Waals surface area contributed by atoms with Gasteiger partial charge >= 0.3 is 11.9 Å². The third-order valence-corrected chi connectivity index (χ3v) is 2.07. The molecule has 1 aromatic carbocycles. The zero-order valence-electron chi connectivity index (χ0n) is 9.20. The Hall–Kier alpha value is -2.63. The number of hydrogen-bond acceptors (Lipinski definition) is 5. The van der Waals surface area contributed by atoms with Gasteiger partial charge in [0, 0.05) is 6.07 Å². The summed E-state index contributed by atoms with van der Waals surface area (Å²) < 4.78 is 9.63. The first kappa shape index (κ1) is 11.8. The first-order valence-corrected chi connectivity index (χ1v) is 5.10. The molecule has 0 radical (unpaired) electrons. The Labute approximate surface area is 102 Å².